The Morgan fingerprint density at radius 1 is 1.25 bits per heavy atom. The van der Waals surface area contributed by atoms with Gasteiger partial charge in [-0.3, -0.25) is 0 Å². The Balaban J connectivity index is 1.50. The lowest BCUT2D eigenvalue weighted by Crippen LogP contribution is -2.50. The molecule has 0 spiro atoms. The van der Waals surface area contributed by atoms with Gasteiger partial charge in [-0.25, -0.2) is 19.2 Å². The van der Waals surface area contributed by atoms with E-state index in [9.17, 15) is 9.18 Å². The maximum Gasteiger partial charge on any atom is 0.315 e. The van der Waals surface area contributed by atoms with E-state index in [2.05, 4.69) is 25.5 Å². The number of amides is 2. The van der Waals surface area contributed by atoms with Gasteiger partial charge in [-0.15, -0.1) is 0 Å². The maximum atomic E-state index is 13.5. The quantitative estimate of drug-likeness (QED) is 0.901. The van der Waals surface area contributed by atoms with Crippen LogP contribution in [0.5, 0.6) is 0 Å². The zero-order chi connectivity index (χ0) is 16.8. The van der Waals surface area contributed by atoms with Crippen molar-refractivity contribution in [2.45, 2.75) is 25.4 Å². The third-order valence-corrected chi connectivity index (χ3v) is 3.99. The van der Waals surface area contributed by atoms with E-state index < -0.39 is 0 Å². The Bertz CT molecular complexity index is 682. The van der Waals surface area contributed by atoms with Gasteiger partial charge in [0.15, 0.2) is 0 Å². The first-order valence-corrected chi connectivity index (χ1v) is 8.02. The Kier molecular flexibility index (Phi) is 5.20. The van der Waals surface area contributed by atoms with Gasteiger partial charge in [0.05, 0.1) is 0 Å². The molecule has 126 valence electrons. The van der Waals surface area contributed by atoms with Crippen LogP contribution in [-0.2, 0) is 6.54 Å². The number of nitrogens with one attached hydrogen (secondary N) is 2. The van der Waals surface area contributed by atoms with Gasteiger partial charge in [-0.05, 0) is 25.0 Å². The minimum Gasteiger partial charge on any atom is -0.339 e. The number of rotatable bonds is 4. The zero-order valence-electron chi connectivity index (χ0n) is 13.3. The molecule has 1 saturated heterocycles. The molecule has 7 heteroatoms. The second-order valence-electron chi connectivity index (χ2n) is 5.75. The average Bonchev–Trinajstić information content (AvgIpc) is 2.62. The molecule has 2 amide bonds. The highest BCUT2D eigenvalue weighted by atomic mass is 19.1. The van der Waals surface area contributed by atoms with Crippen LogP contribution in [0.15, 0.2) is 42.7 Å². The standard InChI is InChI=1S/C17H20FN5O/c18-15-7-2-1-5-13(15)11-21-17(24)22-14-6-3-10-23(12-14)16-19-8-4-9-20-16/h1-2,4-5,7-9,14H,3,6,10-12H2,(H2,21,22,24)/t14-/m1/s1. The topological polar surface area (TPSA) is 70.2 Å². The van der Waals surface area contributed by atoms with Crippen LogP contribution in [0.25, 0.3) is 0 Å². The van der Waals surface area contributed by atoms with Crippen LogP contribution in [0, 0.1) is 5.82 Å². The number of piperidine rings is 1. The number of benzene rings is 1. The monoisotopic (exact) mass is 329 g/mol. The highest BCUT2D eigenvalue weighted by Gasteiger charge is 2.22. The molecule has 24 heavy (non-hydrogen) atoms. The average molecular weight is 329 g/mol. The van der Waals surface area contributed by atoms with Crippen molar-refractivity contribution in [3.63, 3.8) is 0 Å². The summed E-state index contributed by atoms with van der Waals surface area (Å²) in [6, 6.07) is 7.91. The number of hydrogen-bond donors (Lipinski definition) is 2. The first-order chi connectivity index (χ1) is 11.7. The summed E-state index contributed by atoms with van der Waals surface area (Å²) in [4.78, 5) is 22.6. The van der Waals surface area contributed by atoms with E-state index >= 15 is 0 Å². The number of anilines is 1. The highest BCUT2D eigenvalue weighted by Crippen LogP contribution is 2.15. The molecule has 1 atom stereocenters. The predicted molar refractivity (Wildman–Crippen MR) is 89.0 cm³/mol. The van der Waals surface area contributed by atoms with Crippen LogP contribution in [0.3, 0.4) is 0 Å². The van der Waals surface area contributed by atoms with Crippen LogP contribution >= 0.6 is 0 Å². The van der Waals surface area contributed by atoms with Gasteiger partial charge in [0, 0.05) is 43.6 Å². The zero-order valence-corrected chi connectivity index (χ0v) is 13.3. The SMILES string of the molecule is O=C(NCc1ccccc1F)N[C@@H]1CCCN(c2ncccn2)C1. The van der Waals surface area contributed by atoms with E-state index in [-0.39, 0.29) is 24.4 Å². The van der Waals surface area contributed by atoms with Crippen LogP contribution in [0.4, 0.5) is 15.1 Å². The number of aromatic nitrogens is 2. The number of carbonyl (C=O) groups excluding carboxylic acids is 1. The third-order valence-electron chi connectivity index (χ3n) is 3.99. The van der Waals surface area contributed by atoms with Crippen molar-refractivity contribution in [1.82, 2.24) is 20.6 Å². The lowest BCUT2D eigenvalue weighted by Gasteiger charge is -2.33. The van der Waals surface area contributed by atoms with Crippen LogP contribution in [0.2, 0.25) is 0 Å². The number of urea groups is 1. The smallest absolute Gasteiger partial charge is 0.315 e. The summed E-state index contributed by atoms with van der Waals surface area (Å²) in [5.74, 6) is 0.360. The molecule has 0 bridgehead atoms. The number of nitrogens with zero attached hydrogens (tertiary/aromatic N) is 3. The van der Waals surface area contributed by atoms with Gasteiger partial charge >= 0.3 is 6.03 Å². The minimum atomic E-state index is -0.317. The van der Waals surface area contributed by atoms with Crippen LogP contribution < -0.4 is 15.5 Å². The summed E-state index contributed by atoms with van der Waals surface area (Å²) in [5.41, 5.74) is 0.468. The number of carbonyl (C=O) groups is 1. The fraction of sp³-hybridized carbons (Fsp3) is 0.353. The molecule has 0 radical (unpaired) electrons. The molecule has 0 aliphatic carbocycles. The summed E-state index contributed by atoms with van der Waals surface area (Å²) in [6.07, 6.45) is 5.27. The fourth-order valence-corrected chi connectivity index (χ4v) is 2.78. The van der Waals surface area contributed by atoms with E-state index in [1.54, 1.807) is 36.7 Å². The summed E-state index contributed by atoms with van der Waals surface area (Å²) in [7, 11) is 0. The molecule has 1 aromatic heterocycles. The maximum absolute atomic E-state index is 13.5. The summed E-state index contributed by atoms with van der Waals surface area (Å²) >= 11 is 0. The highest BCUT2D eigenvalue weighted by molar-refractivity contribution is 5.74. The molecule has 6 nitrogen and oxygen atoms in total. The van der Waals surface area contributed by atoms with Crippen molar-refractivity contribution in [1.29, 1.82) is 0 Å². The van der Waals surface area contributed by atoms with Gasteiger partial charge in [0.1, 0.15) is 5.82 Å². The Morgan fingerprint density at radius 2 is 2.04 bits per heavy atom. The normalized spacial score (nSPS) is 17.4. The first-order valence-electron chi connectivity index (χ1n) is 8.02. The van der Waals surface area contributed by atoms with Crippen molar-refractivity contribution in [3.8, 4) is 0 Å². The van der Waals surface area contributed by atoms with Crippen molar-refractivity contribution >= 4 is 12.0 Å². The predicted octanol–water partition coefficient (Wildman–Crippen LogP) is 2.08. The molecule has 3 rings (SSSR count). The molecule has 1 aromatic carbocycles. The number of halogens is 1. The molecular weight excluding hydrogens is 309 g/mol. The molecular formula is C17H20FN5O. The van der Waals surface area contributed by atoms with E-state index in [4.69, 9.17) is 0 Å². The molecule has 1 fully saturated rings. The molecule has 2 N–H and O–H groups in total. The van der Waals surface area contributed by atoms with E-state index in [0.29, 0.717) is 18.1 Å². The lowest BCUT2D eigenvalue weighted by atomic mass is 10.1. The van der Waals surface area contributed by atoms with Gasteiger partial charge in [0.2, 0.25) is 5.95 Å². The van der Waals surface area contributed by atoms with Crippen molar-refractivity contribution in [2.24, 2.45) is 0 Å². The summed E-state index contributed by atoms with van der Waals surface area (Å²) < 4.78 is 13.5. The first kappa shape index (κ1) is 16.2. The third kappa shape index (κ3) is 4.18. The fourth-order valence-electron chi connectivity index (χ4n) is 2.78. The van der Waals surface area contributed by atoms with Gasteiger partial charge in [-0.1, -0.05) is 18.2 Å². The van der Waals surface area contributed by atoms with E-state index in [1.165, 1.54) is 6.07 Å². The van der Waals surface area contributed by atoms with Crippen LogP contribution in [0.1, 0.15) is 18.4 Å². The second kappa shape index (κ2) is 7.72. The summed E-state index contributed by atoms with van der Waals surface area (Å²) in [5, 5.41) is 5.64. The van der Waals surface area contributed by atoms with Crippen molar-refractivity contribution in [2.75, 3.05) is 18.0 Å². The Morgan fingerprint density at radius 3 is 2.83 bits per heavy atom. The molecule has 1 aliphatic heterocycles. The van der Waals surface area contributed by atoms with Crippen molar-refractivity contribution in [3.05, 3.63) is 54.1 Å². The molecule has 1 aliphatic rings. The van der Waals surface area contributed by atoms with Gasteiger partial charge < -0.3 is 15.5 Å². The van der Waals surface area contributed by atoms with Gasteiger partial charge in [-0.2, -0.15) is 0 Å². The lowest BCUT2D eigenvalue weighted by molar-refractivity contribution is 0.234. The second-order valence-corrected chi connectivity index (χ2v) is 5.75. The largest absolute Gasteiger partial charge is 0.339 e. The summed E-state index contributed by atoms with van der Waals surface area (Å²) in [6.45, 7) is 1.70. The Labute approximate surface area is 140 Å². The molecule has 0 unspecified atom stereocenters. The molecule has 2 heterocycles. The van der Waals surface area contributed by atoms with Gasteiger partial charge in [0.25, 0.3) is 0 Å². The van der Waals surface area contributed by atoms with E-state index in [1.807, 2.05) is 0 Å². The van der Waals surface area contributed by atoms with Crippen LogP contribution in [-0.4, -0.2) is 35.1 Å². The molecule has 2 aromatic rings. The van der Waals surface area contributed by atoms with E-state index in [0.717, 1.165) is 19.4 Å². The molecule has 0 saturated carbocycles. The number of hydrogen-bond acceptors (Lipinski definition) is 4. The minimum absolute atomic E-state index is 0.0168. The van der Waals surface area contributed by atoms with Crippen molar-refractivity contribution < 1.29 is 9.18 Å². The Hall–Kier alpha value is -2.70.